The molecule has 0 aromatic rings. The van der Waals surface area contributed by atoms with Gasteiger partial charge in [-0.25, -0.2) is 0 Å². The summed E-state index contributed by atoms with van der Waals surface area (Å²) in [5.74, 6) is 0.301. The van der Waals surface area contributed by atoms with Crippen molar-refractivity contribution in [2.75, 3.05) is 6.54 Å². The third-order valence-electron chi connectivity index (χ3n) is 2.00. The predicted molar refractivity (Wildman–Crippen MR) is 56.8 cm³/mol. The van der Waals surface area contributed by atoms with E-state index in [1.165, 1.54) is 5.57 Å². The van der Waals surface area contributed by atoms with Gasteiger partial charge in [0.2, 0.25) is 0 Å². The highest BCUT2D eigenvalue weighted by Crippen LogP contribution is 2.03. The normalized spacial score (nSPS) is 12.2. The minimum Gasteiger partial charge on any atom is -0.308 e. The number of rotatable bonds is 6. The zero-order chi connectivity index (χ0) is 10.3. The molecule has 0 saturated heterocycles. The molecule has 0 fully saturated rings. The molecule has 0 rings (SSSR count). The van der Waals surface area contributed by atoms with Crippen LogP contribution in [0.1, 0.15) is 40.5 Å². The first-order valence-corrected chi connectivity index (χ1v) is 4.93. The fourth-order valence-corrected chi connectivity index (χ4v) is 0.887. The Bertz CT molecular complexity index is 183. The maximum atomic E-state index is 11.3. The Morgan fingerprint density at radius 1 is 1.38 bits per heavy atom. The number of allylic oxidation sites excluding steroid dienone is 2. The number of carbonyl (C=O) groups is 1. The van der Waals surface area contributed by atoms with Crippen molar-refractivity contribution in [3.8, 4) is 0 Å². The molecule has 2 heteroatoms. The molecule has 0 heterocycles. The third kappa shape index (κ3) is 7.72. The van der Waals surface area contributed by atoms with E-state index in [2.05, 4.69) is 18.3 Å². The van der Waals surface area contributed by atoms with Crippen LogP contribution in [0.2, 0.25) is 0 Å². The SMILES string of the molecule is CC=C(C)CCC(=O)CNC(C)C. The van der Waals surface area contributed by atoms with Crippen molar-refractivity contribution < 1.29 is 4.79 Å². The van der Waals surface area contributed by atoms with Gasteiger partial charge in [-0.15, -0.1) is 0 Å². The lowest BCUT2D eigenvalue weighted by Gasteiger charge is -2.06. The second kappa shape index (κ2) is 6.84. The Balaban J connectivity index is 3.52. The highest BCUT2D eigenvalue weighted by Gasteiger charge is 2.02. The van der Waals surface area contributed by atoms with Gasteiger partial charge < -0.3 is 5.32 Å². The number of carbonyl (C=O) groups excluding carboxylic acids is 1. The minimum atomic E-state index is 0.301. The van der Waals surface area contributed by atoms with Crippen LogP contribution in [-0.4, -0.2) is 18.4 Å². The quantitative estimate of drug-likeness (QED) is 0.640. The fraction of sp³-hybridized carbons (Fsp3) is 0.727. The molecular weight excluding hydrogens is 162 g/mol. The summed E-state index contributed by atoms with van der Waals surface area (Å²) in [6.45, 7) is 8.67. The lowest BCUT2D eigenvalue weighted by molar-refractivity contribution is -0.118. The molecule has 0 aliphatic rings. The van der Waals surface area contributed by atoms with Gasteiger partial charge in [0.1, 0.15) is 5.78 Å². The van der Waals surface area contributed by atoms with E-state index in [1.54, 1.807) is 0 Å². The van der Waals surface area contributed by atoms with Gasteiger partial charge >= 0.3 is 0 Å². The zero-order valence-corrected chi connectivity index (χ0v) is 9.18. The van der Waals surface area contributed by atoms with Gasteiger partial charge in [0.15, 0.2) is 0 Å². The Labute approximate surface area is 81.4 Å². The summed E-state index contributed by atoms with van der Waals surface area (Å²) in [4.78, 5) is 11.3. The van der Waals surface area contributed by atoms with E-state index in [9.17, 15) is 4.79 Å². The van der Waals surface area contributed by atoms with Crippen molar-refractivity contribution in [1.29, 1.82) is 0 Å². The summed E-state index contributed by atoms with van der Waals surface area (Å²) in [5.41, 5.74) is 1.29. The molecule has 0 radical (unpaired) electrons. The molecule has 13 heavy (non-hydrogen) atoms. The number of hydrogen-bond acceptors (Lipinski definition) is 2. The lowest BCUT2D eigenvalue weighted by atomic mass is 10.1. The maximum absolute atomic E-state index is 11.3. The van der Waals surface area contributed by atoms with Crippen LogP contribution >= 0.6 is 0 Å². The van der Waals surface area contributed by atoms with Crippen LogP contribution in [0.3, 0.4) is 0 Å². The maximum Gasteiger partial charge on any atom is 0.146 e. The molecule has 0 aromatic heterocycles. The number of hydrogen-bond donors (Lipinski definition) is 1. The Morgan fingerprint density at radius 2 is 2.00 bits per heavy atom. The number of ketones is 1. The van der Waals surface area contributed by atoms with E-state index in [-0.39, 0.29) is 0 Å². The first-order valence-electron chi connectivity index (χ1n) is 4.93. The van der Waals surface area contributed by atoms with E-state index < -0.39 is 0 Å². The fourth-order valence-electron chi connectivity index (χ4n) is 0.887. The molecule has 0 aromatic carbocycles. The summed E-state index contributed by atoms with van der Waals surface area (Å²) in [7, 11) is 0. The van der Waals surface area contributed by atoms with Crippen LogP contribution < -0.4 is 5.32 Å². The standard InChI is InChI=1S/C11H21NO/c1-5-10(4)6-7-11(13)8-12-9(2)3/h5,9,12H,6-8H2,1-4H3. The van der Waals surface area contributed by atoms with Crippen LogP contribution in [0, 0.1) is 0 Å². The summed E-state index contributed by atoms with van der Waals surface area (Å²) < 4.78 is 0. The molecule has 0 bridgehead atoms. The molecule has 0 aliphatic carbocycles. The second-order valence-corrected chi connectivity index (χ2v) is 3.71. The van der Waals surface area contributed by atoms with Crippen LogP contribution in [0.25, 0.3) is 0 Å². The minimum absolute atomic E-state index is 0.301. The molecule has 0 amide bonds. The van der Waals surface area contributed by atoms with E-state index in [4.69, 9.17) is 0 Å². The molecule has 0 aliphatic heterocycles. The van der Waals surface area contributed by atoms with E-state index in [0.29, 0.717) is 24.8 Å². The van der Waals surface area contributed by atoms with E-state index in [1.807, 2.05) is 20.8 Å². The summed E-state index contributed by atoms with van der Waals surface area (Å²) >= 11 is 0. The van der Waals surface area contributed by atoms with Gasteiger partial charge in [-0.3, -0.25) is 4.79 Å². The van der Waals surface area contributed by atoms with Crippen molar-refractivity contribution >= 4 is 5.78 Å². The zero-order valence-electron chi connectivity index (χ0n) is 9.18. The number of Topliss-reactive ketones (excluding diaryl/α,β-unsaturated/α-hetero) is 1. The van der Waals surface area contributed by atoms with Gasteiger partial charge in [0.05, 0.1) is 6.54 Å². The first-order chi connectivity index (χ1) is 6.06. The topological polar surface area (TPSA) is 29.1 Å². The molecule has 2 nitrogen and oxygen atoms in total. The van der Waals surface area contributed by atoms with E-state index in [0.717, 1.165) is 6.42 Å². The van der Waals surface area contributed by atoms with Crippen molar-refractivity contribution in [1.82, 2.24) is 5.32 Å². The van der Waals surface area contributed by atoms with Crippen LogP contribution in [-0.2, 0) is 4.79 Å². The third-order valence-corrected chi connectivity index (χ3v) is 2.00. The van der Waals surface area contributed by atoms with Crippen LogP contribution in [0.4, 0.5) is 0 Å². The first kappa shape index (κ1) is 12.4. The van der Waals surface area contributed by atoms with Gasteiger partial charge in [-0.1, -0.05) is 25.5 Å². The van der Waals surface area contributed by atoms with Gasteiger partial charge in [-0.2, -0.15) is 0 Å². The van der Waals surface area contributed by atoms with Crippen molar-refractivity contribution in [3.05, 3.63) is 11.6 Å². The van der Waals surface area contributed by atoms with Crippen LogP contribution in [0.15, 0.2) is 11.6 Å². The van der Waals surface area contributed by atoms with Gasteiger partial charge in [0.25, 0.3) is 0 Å². The monoisotopic (exact) mass is 183 g/mol. The molecular formula is C11H21NO. The Kier molecular flexibility index (Phi) is 6.51. The summed E-state index contributed by atoms with van der Waals surface area (Å²) in [6.07, 6.45) is 3.62. The largest absolute Gasteiger partial charge is 0.308 e. The summed E-state index contributed by atoms with van der Waals surface area (Å²) in [5, 5.41) is 3.12. The summed E-state index contributed by atoms with van der Waals surface area (Å²) in [6, 6.07) is 0.395. The molecule has 0 unspecified atom stereocenters. The average molecular weight is 183 g/mol. The molecule has 76 valence electrons. The second-order valence-electron chi connectivity index (χ2n) is 3.71. The smallest absolute Gasteiger partial charge is 0.146 e. The molecule has 1 N–H and O–H groups in total. The Hall–Kier alpha value is -0.630. The highest BCUT2D eigenvalue weighted by molar-refractivity contribution is 5.80. The highest BCUT2D eigenvalue weighted by atomic mass is 16.1. The number of nitrogens with one attached hydrogen (secondary N) is 1. The molecule has 0 atom stereocenters. The predicted octanol–water partition coefficient (Wildman–Crippen LogP) is 2.30. The van der Waals surface area contributed by atoms with Crippen molar-refractivity contribution in [2.45, 2.75) is 46.6 Å². The van der Waals surface area contributed by atoms with Gasteiger partial charge in [0, 0.05) is 12.5 Å². The van der Waals surface area contributed by atoms with Crippen LogP contribution in [0.5, 0.6) is 0 Å². The molecule has 0 saturated carbocycles. The van der Waals surface area contributed by atoms with Gasteiger partial charge in [-0.05, 0) is 20.3 Å². The average Bonchev–Trinajstić information content (AvgIpc) is 2.10. The molecule has 0 spiro atoms. The lowest BCUT2D eigenvalue weighted by Crippen LogP contribution is -2.28. The van der Waals surface area contributed by atoms with Crippen molar-refractivity contribution in [2.24, 2.45) is 0 Å². The van der Waals surface area contributed by atoms with E-state index >= 15 is 0 Å². The van der Waals surface area contributed by atoms with Crippen molar-refractivity contribution in [3.63, 3.8) is 0 Å². The Morgan fingerprint density at radius 3 is 2.46 bits per heavy atom.